The number of imide groups is 1. The quantitative estimate of drug-likeness (QED) is 0.763. The second kappa shape index (κ2) is 8.31. The van der Waals surface area contributed by atoms with E-state index in [1.54, 1.807) is 6.07 Å². The minimum Gasteiger partial charge on any atom is -0.374 e. The smallest absolute Gasteiger partial charge is 0.325 e. The second-order valence-corrected chi connectivity index (χ2v) is 7.09. The fourth-order valence-electron chi connectivity index (χ4n) is 3.44. The van der Waals surface area contributed by atoms with Crippen LogP contribution in [0.25, 0.3) is 0 Å². The third kappa shape index (κ3) is 4.82. The number of ether oxygens (including phenoxy) is 1. The van der Waals surface area contributed by atoms with E-state index < -0.39 is 17.8 Å². The van der Waals surface area contributed by atoms with Crippen molar-refractivity contribution in [3.05, 3.63) is 29.8 Å². The number of nitrogens with zero attached hydrogens (tertiary/aromatic N) is 1. The van der Waals surface area contributed by atoms with Crippen LogP contribution in [-0.4, -0.2) is 41.9 Å². The van der Waals surface area contributed by atoms with Gasteiger partial charge in [-0.25, -0.2) is 4.79 Å². The van der Waals surface area contributed by atoms with Gasteiger partial charge in [0.05, 0.1) is 19.3 Å². The first kappa shape index (κ1) is 18.4. The van der Waals surface area contributed by atoms with Gasteiger partial charge in [0.25, 0.3) is 5.91 Å². The van der Waals surface area contributed by atoms with Crippen LogP contribution < -0.4 is 10.6 Å². The number of nitrogens with one attached hydrogen (secondary N) is 2. The number of carbonyl (C=O) groups excluding carboxylic acids is 3. The Kier molecular flexibility index (Phi) is 5.88. The summed E-state index contributed by atoms with van der Waals surface area (Å²) in [5, 5.41) is 5.12. The van der Waals surface area contributed by atoms with Crippen molar-refractivity contribution < 1.29 is 19.1 Å². The van der Waals surface area contributed by atoms with Crippen molar-refractivity contribution in [1.29, 1.82) is 0 Å². The molecule has 1 aliphatic carbocycles. The van der Waals surface area contributed by atoms with Gasteiger partial charge in [-0.3, -0.25) is 14.5 Å². The Morgan fingerprint density at radius 3 is 2.92 bits per heavy atom. The lowest BCUT2D eigenvalue weighted by atomic mass is 9.89. The zero-order valence-electron chi connectivity index (χ0n) is 15.0. The number of amides is 4. The maximum absolute atomic E-state index is 12.1. The van der Waals surface area contributed by atoms with Crippen LogP contribution in [-0.2, 0) is 20.9 Å². The van der Waals surface area contributed by atoms with Crippen molar-refractivity contribution in [3.8, 4) is 0 Å². The van der Waals surface area contributed by atoms with Crippen LogP contribution in [0.5, 0.6) is 0 Å². The van der Waals surface area contributed by atoms with E-state index in [2.05, 4.69) is 17.6 Å². The minimum absolute atomic E-state index is 0.0568. The molecule has 2 N–H and O–H groups in total. The molecule has 0 bridgehead atoms. The maximum Gasteiger partial charge on any atom is 0.325 e. The maximum atomic E-state index is 12.1. The lowest BCUT2D eigenvalue weighted by molar-refractivity contribution is -0.128. The molecule has 2 fully saturated rings. The SMILES string of the molecule is C[C@H]1CCC[C@H](OCc2cccc(NC(=O)CN3C(=O)CNC3=O)c2)C1. The van der Waals surface area contributed by atoms with Crippen LogP contribution >= 0.6 is 0 Å². The van der Waals surface area contributed by atoms with E-state index >= 15 is 0 Å². The standard InChI is InChI=1S/C19H25N3O4/c1-13-4-2-7-16(8-13)26-12-14-5-3-6-15(9-14)21-17(23)11-22-18(24)10-20-19(22)25/h3,5-6,9,13,16H,2,4,7-8,10-12H2,1H3,(H,20,25)(H,21,23)/t13-,16-/m0/s1. The van der Waals surface area contributed by atoms with E-state index in [-0.39, 0.29) is 13.1 Å². The second-order valence-electron chi connectivity index (χ2n) is 7.09. The van der Waals surface area contributed by atoms with Gasteiger partial charge in [-0.15, -0.1) is 0 Å². The van der Waals surface area contributed by atoms with Crippen LogP contribution in [0.4, 0.5) is 10.5 Å². The Bertz CT molecular complexity index is 675. The van der Waals surface area contributed by atoms with Gasteiger partial charge in [-0.2, -0.15) is 0 Å². The summed E-state index contributed by atoms with van der Waals surface area (Å²) in [4.78, 5) is 36.0. The van der Waals surface area contributed by atoms with E-state index in [9.17, 15) is 14.4 Å². The molecule has 26 heavy (non-hydrogen) atoms. The Morgan fingerprint density at radius 2 is 2.19 bits per heavy atom. The van der Waals surface area contributed by atoms with Gasteiger partial charge in [-0.1, -0.05) is 31.9 Å². The molecule has 7 nitrogen and oxygen atoms in total. The fraction of sp³-hybridized carbons (Fsp3) is 0.526. The normalized spacial score (nSPS) is 23.0. The van der Waals surface area contributed by atoms with Gasteiger partial charge in [0.15, 0.2) is 0 Å². The molecular weight excluding hydrogens is 334 g/mol. The highest BCUT2D eigenvalue weighted by atomic mass is 16.5. The molecule has 2 aliphatic rings. The summed E-state index contributed by atoms with van der Waals surface area (Å²) < 4.78 is 6.02. The monoisotopic (exact) mass is 359 g/mol. The van der Waals surface area contributed by atoms with Gasteiger partial charge in [0.1, 0.15) is 6.54 Å². The zero-order valence-corrected chi connectivity index (χ0v) is 15.0. The number of rotatable bonds is 6. The van der Waals surface area contributed by atoms with E-state index in [0.717, 1.165) is 23.3 Å². The first-order chi connectivity index (χ1) is 12.5. The minimum atomic E-state index is -0.533. The third-order valence-electron chi connectivity index (χ3n) is 4.82. The molecule has 0 unspecified atom stereocenters. The third-order valence-corrected chi connectivity index (χ3v) is 4.82. The Labute approximate surface area is 153 Å². The van der Waals surface area contributed by atoms with Crippen molar-refractivity contribution >= 4 is 23.5 Å². The summed E-state index contributed by atoms with van der Waals surface area (Å²) in [5.41, 5.74) is 1.61. The molecule has 1 aromatic carbocycles. The van der Waals surface area contributed by atoms with E-state index in [1.165, 1.54) is 12.8 Å². The zero-order chi connectivity index (χ0) is 18.5. The summed E-state index contributed by atoms with van der Waals surface area (Å²) in [6.45, 7) is 2.43. The van der Waals surface area contributed by atoms with E-state index in [4.69, 9.17) is 4.74 Å². The van der Waals surface area contributed by atoms with Crippen molar-refractivity contribution in [2.24, 2.45) is 5.92 Å². The van der Waals surface area contributed by atoms with Crippen LogP contribution in [0.3, 0.4) is 0 Å². The van der Waals surface area contributed by atoms with Crippen LogP contribution in [0.2, 0.25) is 0 Å². The summed E-state index contributed by atoms with van der Waals surface area (Å²) in [5.74, 6) is -0.0894. The lowest BCUT2D eigenvalue weighted by Crippen LogP contribution is -2.38. The highest BCUT2D eigenvalue weighted by Crippen LogP contribution is 2.26. The highest BCUT2D eigenvalue weighted by molar-refractivity contribution is 6.06. The van der Waals surface area contributed by atoms with Gasteiger partial charge in [-0.05, 0) is 36.5 Å². The predicted octanol–water partition coefficient (Wildman–Crippen LogP) is 2.27. The van der Waals surface area contributed by atoms with Gasteiger partial charge >= 0.3 is 6.03 Å². The predicted molar refractivity (Wildman–Crippen MR) is 96.4 cm³/mol. The average molecular weight is 359 g/mol. The van der Waals surface area contributed by atoms with Crippen LogP contribution in [0.15, 0.2) is 24.3 Å². The van der Waals surface area contributed by atoms with Gasteiger partial charge in [0.2, 0.25) is 5.91 Å². The molecule has 0 aromatic heterocycles. The molecule has 2 atom stereocenters. The van der Waals surface area contributed by atoms with Crippen LogP contribution in [0.1, 0.15) is 38.2 Å². The average Bonchev–Trinajstić information content (AvgIpc) is 2.92. The molecule has 1 heterocycles. The summed E-state index contributed by atoms with van der Waals surface area (Å²) in [6.07, 6.45) is 5.00. The Hall–Kier alpha value is -2.41. The van der Waals surface area contributed by atoms with E-state index in [0.29, 0.717) is 24.3 Å². The van der Waals surface area contributed by atoms with Gasteiger partial charge < -0.3 is 15.4 Å². The fourth-order valence-corrected chi connectivity index (χ4v) is 3.44. The van der Waals surface area contributed by atoms with E-state index in [1.807, 2.05) is 18.2 Å². The number of hydrogen-bond acceptors (Lipinski definition) is 4. The van der Waals surface area contributed by atoms with Crippen molar-refractivity contribution in [2.75, 3.05) is 18.4 Å². The van der Waals surface area contributed by atoms with Crippen molar-refractivity contribution in [3.63, 3.8) is 0 Å². The molecule has 0 radical (unpaired) electrons. The molecule has 3 rings (SSSR count). The number of urea groups is 1. The van der Waals surface area contributed by atoms with Crippen molar-refractivity contribution in [2.45, 2.75) is 45.3 Å². The molecule has 1 aromatic rings. The summed E-state index contributed by atoms with van der Waals surface area (Å²) >= 11 is 0. The molecule has 140 valence electrons. The number of hydrogen-bond donors (Lipinski definition) is 2. The topological polar surface area (TPSA) is 87.7 Å². The molecule has 7 heteroatoms. The molecule has 1 saturated carbocycles. The molecule has 1 aliphatic heterocycles. The highest BCUT2D eigenvalue weighted by Gasteiger charge is 2.30. The first-order valence-corrected chi connectivity index (χ1v) is 9.10. The van der Waals surface area contributed by atoms with Gasteiger partial charge in [0, 0.05) is 5.69 Å². The summed E-state index contributed by atoms with van der Waals surface area (Å²) in [6, 6.07) is 6.91. The first-order valence-electron chi connectivity index (χ1n) is 9.10. The number of anilines is 1. The van der Waals surface area contributed by atoms with Crippen molar-refractivity contribution in [1.82, 2.24) is 10.2 Å². The largest absolute Gasteiger partial charge is 0.374 e. The lowest BCUT2D eigenvalue weighted by Gasteiger charge is -2.26. The molecule has 0 spiro atoms. The summed E-state index contributed by atoms with van der Waals surface area (Å²) in [7, 11) is 0. The molecule has 1 saturated heterocycles. The van der Waals surface area contributed by atoms with Crippen LogP contribution in [0, 0.1) is 5.92 Å². The number of carbonyl (C=O) groups is 3. The number of benzene rings is 1. The molecular formula is C19H25N3O4. The Morgan fingerprint density at radius 1 is 1.35 bits per heavy atom. The molecule has 4 amide bonds. The Balaban J connectivity index is 1.51.